The molecule has 0 aromatic heterocycles. The summed E-state index contributed by atoms with van der Waals surface area (Å²) in [6.45, 7) is 8.34. The minimum Gasteiger partial charge on any atom is -0.496 e. The quantitative estimate of drug-likeness (QED) is 0.705. The van der Waals surface area contributed by atoms with Crippen LogP contribution in [0.1, 0.15) is 30.5 Å². The van der Waals surface area contributed by atoms with Crippen LogP contribution in [0, 0.1) is 19.8 Å². The molecular weight excluding hydrogens is 232 g/mol. The van der Waals surface area contributed by atoms with Gasteiger partial charge in [-0.25, -0.2) is 0 Å². The molecule has 1 aromatic carbocycles. The van der Waals surface area contributed by atoms with E-state index in [-0.39, 0.29) is 0 Å². The monoisotopic (exact) mass is 252 g/mol. The van der Waals surface area contributed by atoms with Crippen LogP contribution >= 0.6 is 11.6 Å². The number of benzene rings is 1. The summed E-state index contributed by atoms with van der Waals surface area (Å²) in [5.41, 5.74) is 3.46. The van der Waals surface area contributed by atoms with Crippen molar-refractivity contribution in [3.8, 4) is 5.75 Å². The highest BCUT2D eigenvalue weighted by molar-refractivity contribution is 6.31. The van der Waals surface area contributed by atoms with Crippen molar-refractivity contribution in [2.24, 2.45) is 5.92 Å². The first-order valence-corrected chi connectivity index (χ1v) is 6.34. The zero-order chi connectivity index (χ0) is 13.0. The van der Waals surface area contributed by atoms with E-state index in [9.17, 15) is 0 Å². The van der Waals surface area contributed by atoms with Crippen LogP contribution < -0.4 is 4.74 Å². The maximum atomic E-state index is 6.23. The fraction of sp³-hybridized carbons (Fsp3) is 0.467. The fourth-order valence-electron chi connectivity index (χ4n) is 2.16. The molecule has 0 aliphatic heterocycles. The minimum absolute atomic E-state index is 0.491. The normalized spacial score (nSPS) is 13.1. The van der Waals surface area contributed by atoms with Crippen LogP contribution in [0.25, 0.3) is 0 Å². The van der Waals surface area contributed by atoms with Crippen molar-refractivity contribution in [3.63, 3.8) is 0 Å². The Balaban J connectivity index is 3.20. The average Bonchev–Trinajstić information content (AvgIpc) is 2.26. The van der Waals surface area contributed by atoms with Crippen molar-refractivity contribution in [2.75, 3.05) is 7.11 Å². The van der Waals surface area contributed by atoms with E-state index in [1.165, 1.54) is 5.56 Å². The van der Waals surface area contributed by atoms with Crippen molar-refractivity contribution >= 4 is 11.6 Å². The van der Waals surface area contributed by atoms with Crippen LogP contribution in [-0.4, -0.2) is 7.11 Å². The Morgan fingerprint density at radius 1 is 1.41 bits per heavy atom. The van der Waals surface area contributed by atoms with E-state index in [1.54, 1.807) is 7.11 Å². The van der Waals surface area contributed by atoms with Gasteiger partial charge in [-0.1, -0.05) is 30.7 Å². The van der Waals surface area contributed by atoms with Crippen LogP contribution in [0.4, 0.5) is 0 Å². The van der Waals surface area contributed by atoms with E-state index in [4.69, 9.17) is 16.3 Å². The van der Waals surface area contributed by atoms with Gasteiger partial charge in [0.05, 0.1) is 7.11 Å². The standard InChI is InChI=1S/C15H21ClO/c1-6-7-10(2)8-13-12(4)14(16)9-11(3)15(13)17-5/h6-7,9-10H,8H2,1-5H3/b7-6-. The largest absolute Gasteiger partial charge is 0.496 e. The molecular formula is C15H21ClO. The number of hydrogen-bond donors (Lipinski definition) is 0. The van der Waals surface area contributed by atoms with Crippen LogP contribution in [-0.2, 0) is 6.42 Å². The van der Waals surface area contributed by atoms with Crippen LogP contribution in [0.2, 0.25) is 5.02 Å². The number of aryl methyl sites for hydroxylation is 1. The first-order chi connectivity index (χ1) is 8.01. The molecule has 0 radical (unpaired) electrons. The SMILES string of the molecule is C/C=C\C(C)Cc1c(C)c(Cl)cc(C)c1OC. The molecule has 0 heterocycles. The predicted molar refractivity (Wildman–Crippen MR) is 75.2 cm³/mol. The second-order valence-electron chi connectivity index (χ2n) is 4.52. The predicted octanol–water partition coefficient (Wildman–Crippen LogP) is 4.72. The number of methoxy groups -OCH3 is 1. The molecule has 0 amide bonds. The average molecular weight is 253 g/mol. The number of hydrogen-bond acceptors (Lipinski definition) is 1. The van der Waals surface area contributed by atoms with Crippen molar-refractivity contribution < 1.29 is 4.74 Å². The molecule has 0 aliphatic rings. The van der Waals surface area contributed by atoms with Gasteiger partial charge in [0.25, 0.3) is 0 Å². The lowest BCUT2D eigenvalue weighted by atomic mass is 9.94. The third-order valence-electron chi connectivity index (χ3n) is 3.04. The van der Waals surface area contributed by atoms with Gasteiger partial charge in [-0.05, 0) is 55.9 Å². The van der Waals surface area contributed by atoms with Crippen LogP contribution in [0.3, 0.4) is 0 Å². The lowest BCUT2D eigenvalue weighted by Crippen LogP contribution is -2.03. The molecule has 1 unspecified atom stereocenters. The van der Waals surface area contributed by atoms with E-state index in [0.717, 1.165) is 28.3 Å². The maximum Gasteiger partial charge on any atom is 0.125 e. The van der Waals surface area contributed by atoms with E-state index in [2.05, 4.69) is 26.0 Å². The first-order valence-electron chi connectivity index (χ1n) is 5.96. The third-order valence-corrected chi connectivity index (χ3v) is 3.43. The van der Waals surface area contributed by atoms with Crippen LogP contribution in [0.15, 0.2) is 18.2 Å². The Morgan fingerprint density at radius 2 is 2.06 bits per heavy atom. The van der Waals surface area contributed by atoms with Crippen molar-refractivity contribution in [3.05, 3.63) is 39.9 Å². The molecule has 1 atom stereocenters. The molecule has 94 valence electrons. The summed E-state index contributed by atoms with van der Waals surface area (Å²) in [5.74, 6) is 1.47. The van der Waals surface area contributed by atoms with Gasteiger partial charge in [0, 0.05) is 5.02 Å². The van der Waals surface area contributed by atoms with E-state index < -0.39 is 0 Å². The Morgan fingerprint density at radius 3 is 2.59 bits per heavy atom. The summed E-state index contributed by atoms with van der Waals surface area (Å²) in [4.78, 5) is 0. The van der Waals surface area contributed by atoms with Gasteiger partial charge in [-0.15, -0.1) is 0 Å². The summed E-state index contributed by atoms with van der Waals surface area (Å²) in [6.07, 6.45) is 5.25. The first kappa shape index (κ1) is 14.1. The Kier molecular flexibility index (Phi) is 5.07. The number of halogens is 1. The summed E-state index contributed by atoms with van der Waals surface area (Å²) in [6, 6.07) is 1.97. The smallest absolute Gasteiger partial charge is 0.125 e. The van der Waals surface area contributed by atoms with Gasteiger partial charge in [0.15, 0.2) is 0 Å². The molecule has 0 saturated heterocycles. The number of allylic oxidation sites excluding steroid dienone is 2. The highest BCUT2D eigenvalue weighted by Gasteiger charge is 2.14. The molecule has 1 nitrogen and oxygen atoms in total. The van der Waals surface area contributed by atoms with Gasteiger partial charge in [-0.3, -0.25) is 0 Å². The zero-order valence-corrected chi connectivity index (χ0v) is 12.1. The summed E-state index contributed by atoms with van der Waals surface area (Å²) in [7, 11) is 1.72. The molecule has 0 fully saturated rings. The van der Waals surface area contributed by atoms with Gasteiger partial charge in [0.1, 0.15) is 5.75 Å². The Labute approximate surface area is 109 Å². The summed E-state index contributed by atoms with van der Waals surface area (Å²) in [5, 5.41) is 0.825. The van der Waals surface area contributed by atoms with Gasteiger partial charge >= 0.3 is 0 Å². The van der Waals surface area contributed by atoms with Crippen LogP contribution in [0.5, 0.6) is 5.75 Å². The molecule has 2 heteroatoms. The summed E-state index contributed by atoms with van der Waals surface area (Å²) >= 11 is 6.23. The lowest BCUT2D eigenvalue weighted by Gasteiger charge is -2.17. The van der Waals surface area contributed by atoms with Crippen molar-refractivity contribution in [1.82, 2.24) is 0 Å². The summed E-state index contributed by atoms with van der Waals surface area (Å²) < 4.78 is 5.51. The van der Waals surface area contributed by atoms with E-state index >= 15 is 0 Å². The molecule has 0 N–H and O–H groups in total. The molecule has 0 aliphatic carbocycles. The highest BCUT2D eigenvalue weighted by Crippen LogP contribution is 2.33. The maximum absolute atomic E-state index is 6.23. The Bertz CT molecular complexity index is 421. The number of ether oxygens (including phenoxy) is 1. The third kappa shape index (κ3) is 3.26. The van der Waals surface area contributed by atoms with Gasteiger partial charge < -0.3 is 4.74 Å². The van der Waals surface area contributed by atoms with E-state index in [0.29, 0.717) is 5.92 Å². The lowest BCUT2D eigenvalue weighted by molar-refractivity contribution is 0.404. The second kappa shape index (κ2) is 6.11. The zero-order valence-electron chi connectivity index (χ0n) is 11.3. The molecule has 1 rings (SSSR count). The van der Waals surface area contributed by atoms with Gasteiger partial charge in [0.2, 0.25) is 0 Å². The topological polar surface area (TPSA) is 9.23 Å². The molecule has 17 heavy (non-hydrogen) atoms. The van der Waals surface area contributed by atoms with Gasteiger partial charge in [-0.2, -0.15) is 0 Å². The van der Waals surface area contributed by atoms with Crippen molar-refractivity contribution in [2.45, 2.75) is 34.1 Å². The molecule has 0 bridgehead atoms. The fourth-order valence-corrected chi connectivity index (χ4v) is 2.44. The van der Waals surface area contributed by atoms with E-state index in [1.807, 2.05) is 19.9 Å². The highest BCUT2D eigenvalue weighted by atomic mass is 35.5. The van der Waals surface area contributed by atoms with Crippen molar-refractivity contribution in [1.29, 1.82) is 0 Å². The molecule has 0 spiro atoms. The molecule has 1 aromatic rings. The second-order valence-corrected chi connectivity index (χ2v) is 4.93. The molecule has 0 saturated carbocycles. The Hall–Kier alpha value is -0.950. The number of rotatable bonds is 4. The minimum atomic E-state index is 0.491.